The summed E-state index contributed by atoms with van der Waals surface area (Å²) in [7, 11) is 0. The van der Waals surface area contributed by atoms with Crippen LogP contribution in [-0.2, 0) is 0 Å². The standard InChI is InChI=1S/C15H11F2NO2/c1-9(19)15-12(17)5-3-7-14(15)20-13-6-2-4-11(16)10(13)8-18/h2-7,9,19H,1H3. The minimum atomic E-state index is -1.09. The Balaban J connectivity index is 2.49. The van der Waals surface area contributed by atoms with Crippen molar-refractivity contribution >= 4 is 0 Å². The molecule has 3 nitrogen and oxygen atoms in total. The van der Waals surface area contributed by atoms with E-state index < -0.39 is 17.7 Å². The zero-order valence-electron chi connectivity index (χ0n) is 10.6. The average molecular weight is 275 g/mol. The van der Waals surface area contributed by atoms with Crippen LogP contribution in [0, 0.1) is 23.0 Å². The summed E-state index contributed by atoms with van der Waals surface area (Å²) in [5, 5.41) is 18.5. The van der Waals surface area contributed by atoms with E-state index in [4.69, 9.17) is 10.00 Å². The van der Waals surface area contributed by atoms with E-state index in [1.54, 1.807) is 6.07 Å². The number of halogens is 2. The number of nitrogens with zero attached hydrogens (tertiary/aromatic N) is 1. The van der Waals surface area contributed by atoms with Crippen LogP contribution in [0.15, 0.2) is 36.4 Å². The lowest BCUT2D eigenvalue weighted by Gasteiger charge is -2.14. The smallest absolute Gasteiger partial charge is 0.148 e. The molecule has 0 heterocycles. The molecule has 0 saturated heterocycles. The number of nitriles is 1. The Morgan fingerprint density at radius 3 is 2.30 bits per heavy atom. The molecule has 0 aliphatic heterocycles. The number of ether oxygens (including phenoxy) is 1. The van der Waals surface area contributed by atoms with E-state index in [9.17, 15) is 13.9 Å². The molecule has 0 radical (unpaired) electrons. The Kier molecular flexibility index (Phi) is 3.97. The molecular weight excluding hydrogens is 264 g/mol. The maximum atomic E-state index is 13.7. The summed E-state index contributed by atoms with van der Waals surface area (Å²) in [6.07, 6.45) is -1.09. The van der Waals surface area contributed by atoms with Crippen LogP contribution in [0.1, 0.15) is 24.2 Å². The molecule has 0 aliphatic carbocycles. The average Bonchev–Trinajstić information content (AvgIpc) is 2.38. The molecule has 0 fully saturated rings. The van der Waals surface area contributed by atoms with Gasteiger partial charge in [-0.3, -0.25) is 0 Å². The molecule has 1 atom stereocenters. The van der Waals surface area contributed by atoms with Gasteiger partial charge in [0.05, 0.1) is 11.7 Å². The van der Waals surface area contributed by atoms with Crippen LogP contribution < -0.4 is 4.74 Å². The summed E-state index contributed by atoms with van der Waals surface area (Å²) in [6.45, 7) is 1.39. The van der Waals surface area contributed by atoms with Crippen molar-refractivity contribution in [2.24, 2.45) is 0 Å². The van der Waals surface area contributed by atoms with Crippen LogP contribution in [0.2, 0.25) is 0 Å². The van der Waals surface area contributed by atoms with Crippen molar-refractivity contribution in [2.75, 3.05) is 0 Å². The number of rotatable bonds is 3. The lowest BCUT2D eigenvalue weighted by molar-refractivity contribution is 0.190. The lowest BCUT2D eigenvalue weighted by atomic mass is 10.1. The molecule has 2 aromatic carbocycles. The second-order valence-electron chi connectivity index (χ2n) is 4.15. The quantitative estimate of drug-likeness (QED) is 0.929. The van der Waals surface area contributed by atoms with Gasteiger partial charge in [0.25, 0.3) is 0 Å². The largest absolute Gasteiger partial charge is 0.455 e. The van der Waals surface area contributed by atoms with E-state index >= 15 is 0 Å². The van der Waals surface area contributed by atoms with Gasteiger partial charge in [0.2, 0.25) is 0 Å². The number of aliphatic hydroxyl groups excluding tert-OH is 1. The lowest BCUT2D eigenvalue weighted by Crippen LogP contribution is -2.01. The van der Waals surface area contributed by atoms with Crippen LogP contribution in [0.4, 0.5) is 8.78 Å². The number of benzene rings is 2. The van der Waals surface area contributed by atoms with Gasteiger partial charge in [-0.05, 0) is 31.2 Å². The third kappa shape index (κ3) is 2.60. The van der Waals surface area contributed by atoms with E-state index in [-0.39, 0.29) is 22.6 Å². The highest BCUT2D eigenvalue weighted by molar-refractivity contribution is 5.48. The van der Waals surface area contributed by atoms with Crippen molar-refractivity contribution in [3.05, 3.63) is 59.2 Å². The van der Waals surface area contributed by atoms with E-state index in [0.717, 1.165) is 6.07 Å². The first-order chi connectivity index (χ1) is 9.54. The van der Waals surface area contributed by atoms with Gasteiger partial charge in [-0.15, -0.1) is 0 Å². The van der Waals surface area contributed by atoms with Gasteiger partial charge in [0.15, 0.2) is 0 Å². The van der Waals surface area contributed by atoms with Crippen molar-refractivity contribution < 1.29 is 18.6 Å². The molecule has 0 amide bonds. The molecule has 2 aromatic rings. The van der Waals surface area contributed by atoms with Gasteiger partial charge in [-0.1, -0.05) is 12.1 Å². The summed E-state index contributed by atoms with van der Waals surface area (Å²) in [5.41, 5.74) is -0.311. The third-order valence-corrected chi connectivity index (χ3v) is 2.74. The van der Waals surface area contributed by atoms with Gasteiger partial charge in [0, 0.05) is 0 Å². The highest BCUT2D eigenvalue weighted by atomic mass is 19.1. The molecule has 1 unspecified atom stereocenters. The second-order valence-corrected chi connectivity index (χ2v) is 4.15. The molecule has 0 saturated carbocycles. The van der Waals surface area contributed by atoms with Crippen LogP contribution in [0.5, 0.6) is 11.5 Å². The Hall–Kier alpha value is -2.45. The van der Waals surface area contributed by atoms with Crippen molar-refractivity contribution in [1.82, 2.24) is 0 Å². The Labute approximate surface area is 114 Å². The van der Waals surface area contributed by atoms with Gasteiger partial charge < -0.3 is 9.84 Å². The van der Waals surface area contributed by atoms with E-state index in [2.05, 4.69) is 0 Å². The first kappa shape index (κ1) is 14.0. The zero-order chi connectivity index (χ0) is 14.7. The van der Waals surface area contributed by atoms with Crippen molar-refractivity contribution in [1.29, 1.82) is 5.26 Å². The molecule has 0 spiro atoms. The third-order valence-electron chi connectivity index (χ3n) is 2.74. The minimum Gasteiger partial charge on any atom is -0.455 e. The molecule has 1 N–H and O–H groups in total. The maximum Gasteiger partial charge on any atom is 0.148 e. The summed E-state index contributed by atoms with van der Waals surface area (Å²) < 4.78 is 32.5. The Bertz CT molecular complexity index is 678. The van der Waals surface area contributed by atoms with E-state index in [1.807, 2.05) is 0 Å². The van der Waals surface area contributed by atoms with Gasteiger partial charge in [-0.2, -0.15) is 5.26 Å². The topological polar surface area (TPSA) is 53.2 Å². The summed E-state index contributed by atoms with van der Waals surface area (Å²) in [6, 6.07) is 9.64. The SMILES string of the molecule is CC(O)c1c(F)cccc1Oc1cccc(F)c1C#N. The molecule has 20 heavy (non-hydrogen) atoms. The van der Waals surface area contributed by atoms with Gasteiger partial charge in [0.1, 0.15) is 34.8 Å². The summed E-state index contributed by atoms with van der Waals surface area (Å²) >= 11 is 0. The summed E-state index contributed by atoms with van der Waals surface area (Å²) in [4.78, 5) is 0. The highest BCUT2D eigenvalue weighted by Crippen LogP contribution is 2.33. The fourth-order valence-electron chi connectivity index (χ4n) is 1.83. The van der Waals surface area contributed by atoms with Crippen LogP contribution in [0.3, 0.4) is 0 Å². The fraction of sp³-hybridized carbons (Fsp3) is 0.133. The van der Waals surface area contributed by atoms with Crippen molar-refractivity contribution in [2.45, 2.75) is 13.0 Å². The molecular formula is C15H11F2NO2. The number of hydrogen-bond acceptors (Lipinski definition) is 3. The molecule has 0 aromatic heterocycles. The minimum absolute atomic E-state index is 0.0278. The molecule has 0 aliphatic rings. The van der Waals surface area contributed by atoms with Crippen LogP contribution in [0.25, 0.3) is 0 Å². The molecule has 102 valence electrons. The van der Waals surface area contributed by atoms with Gasteiger partial charge >= 0.3 is 0 Å². The second kappa shape index (κ2) is 5.68. The molecule has 2 rings (SSSR count). The molecule has 0 bridgehead atoms. The maximum absolute atomic E-state index is 13.7. The number of aliphatic hydroxyl groups is 1. The Morgan fingerprint density at radius 1 is 1.10 bits per heavy atom. The molecule has 5 heteroatoms. The predicted octanol–water partition coefficient (Wildman–Crippen LogP) is 3.68. The zero-order valence-corrected chi connectivity index (χ0v) is 10.6. The monoisotopic (exact) mass is 275 g/mol. The highest BCUT2D eigenvalue weighted by Gasteiger charge is 2.17. The fourth-order valence-corrected chi connectivity index (χ4v) is 1.83. The normalized spacial score (nSPS) is 11.8. The van der Waals surface area contributed by atoms with Crippen LogP contribution >= 0.6 is 0 Å². The summed E-state index contributed by atoms with van der Waals surface area (Å²) in [5.74, 6) is -1.34. The Morgan fingerprint density at radius 2 is 1.70 bits per heavy atom. The first-order valence-corrected chi connectivity index (χ1v) is 5.87. The van der Waals surface area contributed by atoms with Gasteiger partial charge in [-0.25, -0.2) is 8.78 Å². The van der Waals surface area contributed by atoms with Crippen molar-refractivity contribution in [3.8, 4) is 17.6 Å². The van der Waals surface area contributed by atoms with E-state index in [1.165, 1.54) is 37.3 Å². The van der Waals surface area contributed by atoms with E-state index in [0.29, 0.717) is 0 Å². The first-order valence-electron chi connectivity index (χ1n) is 5.87. The van der Waals surface area contributed by atoms with Crippen LogP contribution in [-0.4, -0.2) is 5.11 Å². The van der Waals surface area contributed by atoms with Crippen molar-refractivity contribution in [3.63, 3.8) is 0 Å². The predicted molar refractivity (Wildman–Crippen MR) is 68.2 cm³/mol. The number of hydrogen-bond donors (Lipinski definition) is 1.